The highest BCUT2D eigenvalue weighted by molar-refractivity contribution is 5.92. The zero-order valence-electron chi connectivity index (χ0n) is 12.1. The lowest BCUT2D eigenvalue weighted by Crippen LogP contribution is -2.33. The van der Waals surface area contributed by atoms with Crippen LogP contribution in [-0.2, 0) is 0 Å². The maximum Gasteiger partial charge on any atom is 0.272 e. The number of benzene rings is 1. The summed E-state index contributed by atoms with van der Waals surface area (Å²) in [6.07, 6.45) is 4.35. The zero-order chi connectivity index (χ0) is 15.4. The van der Waals surface area contributed by atoms with Gasteiger partial charge >= 0.3 is 0 Å². The van der Waals surface area contributed by atoms with Gasteiger partial charge in [-0.2, -0.15) is 0 Å². The van der Waals surface area contributed by atoms with Crippen LogP contribution in [0.5, 0.6) is 0 Å². The number of halogens is 1. The highest BCUT2D eigenvalue weighted by Crippen LogP contribution is 2.19. The largest absolute Gasteiger partial charge is 0.348 e. The fourth-order valence-electron chi connectivity index (χ4n) is 2.55. The highest BCUT2D eigenvalue weighted by Gasteiger charge is 2.18. The Labute approximate surface area is 128 Å². The number of para-hydroxylation sites is 1. The number of carbonyl (C=O) groups is 1. The van der Waals surface area contributed by atoms with E-state index >= 15 is 0 Å². The van der Waals surface area contributed by atoms with Crippen molar-refractivity contribution >= 4 is 17.4 Å². The van der Waals surface area contributed by atoms with E-state index in [-0.39, 0.29) is 23.5 Å². The molecule has 0 aliphatic heterocycles. The molecule has 6 heteroatoms. The molecule has 1 aromatic heterocycles. The smallest absolute Gasteiger partial charge is 0.272 e. The second-order valence-corrected chi connectivity index (χ2v) is 5.36. The number of rotatable bonds is 4. The Hall–Kier alpha value is -2.50. The summed E-state index contributed by atoms with van der Waals surface area (Å²) < 4.78 is 13.5. The van der Waals surface area contributed by atoms with Gasteiger partial charge in [0.25, 0.3) is 5.91 Å². The fourth-order valence-corrected chi connectivity index (χ4v) is 2.55. The van der Waals surface area contributed by atoms with Crippen LogP contribution in [0.2, 0.25) is 0 Å². The zero-order valence-corrected chi connectivity index (χ0v) is 12.1. The minimum atomic E-state index is -0.368. The molecule has 0 bridgehead atoms. The summed E-state index contributed by atoms with van der Waals surface area (Å²) in [7, 11) is 0. The number of amides is 1. The number of hydrogen-bond acceptors (Lipinski definition) is 4. The summed E-state index contributed by atoms with van der Waals surface area (Å²) in [4.78, 5) is 12.0. The van der Waals surface area contributed by atoms with Gasteiger partial charge in [0.15, 0.2) is 11.5 Å². The number of nitrogens with zero attached hydrogens (tertiary/aromatic N) is 2. The maximum absolute atomic E-state index is 13.5. The van der Waals surface area contributed by atoms with Crippen molar-refractivity contribution in [1.82, 2.24) is 15.5 Å². The van der Waals surface area contributed by atoms with Crippen LogP contribution in [0, 0.1) is 5.82 Å². The quantitative estimate of drug-likeness (QED) is 0.911. The standard InChI is InChI=1S/C16H17FN4O/c17-12-7-3-4-8-13(12)19-15-10-9-14(20-21-15)16(22)18-11-5-1-2-6-11/h3-4,7-11H,1-2,5-6H2,(H,18,22)(H,19,21). The molecule has 1 heterocycles. The Morgan fingerprint density at radius 2 is 1.86 bits per heavy atom. The van der Waals surface area contributed by atoms with E-state index in [9.17, 15) is 9.18 Å². The minimum absolute atomic E-state index is 0.211. The predicted octanol–water partition coefficient (Wildman–Crippen LogP) is 3.03. The van der Waals surface area contributed by atoms with Crippen LogP contribution in [0.4, 0.5) is 15.9 Å². The third kappa shape index (κ3) is 3.39. The lowest BCUT2D eigenvalue weighted by molar-refractivity contribution is 0.0932. The molecule has 0 saturated heterocycles. The van der Waals surface area contributed by atoms with Crippen molar-refractivity contribution in [1.29, 1.82) is 0 Å². The van der Waals surface area contributed by atoms with Gasteiger partial charge < -0.3 is 10.6 Å². The maximum atomic E-state index is 13.5. The first-order valence-corrected chi connectivity index (χ1v) is 7.38. The summed E-state index contributed by atoms with van der Waals surface area (Å²) in [5.41, 5.74) is 0.589. The average Bonchev–Trinajstić information content (AvgIpc) is 3.03. The molecule has 5 nitrogen and oxygen atoms in total. The van der Waals surface area contributed by atoms with Gasteiger partial charge in [0.2, 0.25) is 0 Å². The number of nitrogens with one attached hydrogen (secondary N) is 2. The van der Waals surface area contributed by atoms with Crippen LogP contribution in [0.15, 0.2) is 36.4 Å². The summed E-state index contributed by atoms with van der Waals surface area (Å²) in [6, 6.07) is 9.75. The number of aromatic nitrogens is 2. The second-order valence-electron chi connectivity index (χ2n) is 5.36. The summed E-state index contributed by atoms with van der Waals surface area (Å²) in [5, 5.41) is 13.6. The summed E-state index contributed by atoms with van der Waals surface area (Å²) >= 11 is 0. The monoisotopic (exact) mass is 300 g/mol. The van der Waals surface area contributed by atoms with E-state index in [2.05, 4.69) is 20.8 Å². The molecule has 22 heavy (non-hydrogen) atoms. The molecule has 0 spiro atoms. The Morgan fingerprint density at radius 3 is 2.55 bits per heavy atom. The van der Waals surface area contributed by atoms with Crippen molar-refractivity contribution in [3.05, 3.63) is 47.9 Å². The summed E-state index contributed by atoms with van der Waals surface area (Å²) in [6.45, 7) is 0. The topological polar surface area (TPSA) is 66.9 Å². The minimum Gasteiger partial charge on any atom is -0.348 e. The van der Waals surface area contributed by atoms with Crippen molar-refractivity contribution in [3.8, 4) is 0 Å². The van der Waals surface area contributed by atoms with Crippen molar-refractivity contribution in [2.75, 3.05) is 5.32 Å². The molecule has 3 rings (SSSR count). The molecule has 0 atom stereocenters. The van der Waals surface area contributed by atoms with E-state index in [1.54, 1.807) is 30.3 Å². The van der Waals surface area contributed by atoms with Gasteiger partial charge in [0.05, 0.1) is 5.69 Å². The lowest BCUT2D eigenvalue weighted by Gasteiger charge is -2.11. The molecule has 1 aliphatic rings. The van der Waals surface area contributed by atoms with Crippen molar-refractivity contribution in [2.24, 2.45) is 0 Å². The van der Waals surface area contributed by atoms with Gasteiger partial charge in [-0.25, -0.2) is 4.39 Å². The molecule has 0 radical (unpaired) electrons. The Morgan fingerprint density at radius 1 is 1.09 bits per heavy atom. The van der Waals surface area contributed by atoms with Crippen LogP contribution in [0.3, 0.4) is 0 Å². The molecule has 1 aromatic carbocycles. The average molecular weight is 300 g/mol. The van der Waals surface area contributed by atoms with E-state index < -0.39 is 0 Å². The molecule has 1 saturated carbocycles. The van der Waals surface area contributed by atoms with Gasteiger partial charge in [-0.1, -0.05) is 25.0 Å². The first-order valence-electron chi connectivity index (χ1n) is 7.38. The summed E-state index contributed by atoms with van der Waals surface area (Å²) in [5.74, 6) is -0.188. The van der Waals surface area contributed by atoms with Crippen LogP contribution in [0.25, 0.3) is 0 Å². The molecule has 2 N–H and O–H groups in total. The van der Waals surface area contributed by atoms with E-state index in [0.29, 0.717) is 11.5 Å². The predicted molar refractivity (Wildman–Crippen MR) is 81.4 cm³/mol. The molecule has 2 aromatic rings. The molecule has 1 aliphatic carbocycles. The van der Waals surface area contributed by atoms with Gasteiger partial charge in [-0.15, -0.1) is 10.2 Å². The van der Waals surface area contributed by atoms with E-state index in [1.165, 1.54) is 6.07 Å². The lowest BCUT2D eigenvalue weighted by atomic mass is 10.2. The van der Waals surface area contributed by atoms with E-state index in [0.717, 1.165) is 25.7 Å². The molecular formula is C16H17FN4O. The van der Waals surface area contributed by atoms with Gasteiger partial charge in [0.1, 0.15) is 5.82 Å². The second kappa shape index (κ2) is 6.51. The Balaban J connectivity index is 1.64. The SMILES string of the molecule is O=C(NC1CCCC1)c1ccc(Nc2ccccc2F)nn1. The van der Waals surface area contributed by atoms with Crippen molar-refractivity contribution in [3.63, 3.8) is 0 Å². The first kappa shape index (κ1) is 14.4. The number of carbonyl (C=O) groups excluding carboxylic acids is 1. The molecular weight excluding hydrogens is 283 g/mol. The van der Waals surface area contributed by atoms with Crippen LogP contribution in [0.1, 0.15) is 36.2 Å². The molecule has 1 fully saturated rings. The third-order valence-corrected chi connectivity index (χ3v) is 3.72. The molecule has 114 valence electrons. The normalized spacial score (nSPS) is 14.8. The van der Waals surface area contributed by atoms with Crippen molar-refractivity contribution < 1.29 is 9.18 Å². The van der Waals surface area contributed by atoms with Crippen LogP contribution >= 0.6 is 0 Å². The van der Waals surface area contributed by atoms with E-state index in [4.69, 9.17) is 0 Å². The van der Waals surface area contributed by atoms with Crippen LogP contribution in [-0.4, -0.2) is 22.1 Å². The fraction of sp³-hybridized carbons (Fsp3) is 0.312. The number of anilines is 2. The van der Waals surface area contributed by atoms with Crippen LogP contribution < -0.4 is 10.6 Å². The van der Waals surface area contributed by atoms with Crippen molar-refractivity contribution in [2.45, 2.75) is 31.7 Å². The highest BCUT2D eigenvalue weighted by atomic mass is 19.1. The molecule has 0 unspecified atom stereocenters. The number of hydrogen-bond donors (Lipinski definition) is 2. The Bertz CT molecular complexity index is 653. The van der Waals surface area contributed by atoms with E-state index in [1.807, 2.05) is 0 Å². The van der Waals surface area contributed by atoms with Gasteiger partial charge in [-0.05, 0) is 37.1 Å². The van der Waals surface area contributed by atoms with Gasteiger partial charge in [-0.3, -0.25) is 4.79 Å². The van der Waals surface area contributed by atoms with Gasteiger partial charge in [0, 0.05) is 6.04 Å². The Kier molecular flexibility index (Phi) is 4.27. The third-order valence-electron chi connectivity index (χ3n) is 3.72. The molecule has 1 amide bonds. The first-order chi connectivity index (χ1) is 10.7.